The van der Waals surface area contributed by atoms with Crippen LogP contribution in [0.5, 0.6) is 11.5 Å². The molecule has 2 aromatic rings. The average molecular weight is 447 g/mol. The van der Waals surface area contributed by atoms with E-state index in [1.54, 1.807) is 12.1 Å². The molecule has 0 saturated carbocycles. The lowest BCUT2D eigenvalue weighted by atomic mass is 9.99. The standard InChI is InChI=1S/C23H27ClN2O5/c1-25-9-4-7-19(25)22(27)26-10-3-2-6-17(26)8-13-31-23(28)16-14-18(24)21-20(15-16)29-11-5-12-30-21/h4,7,9,14-15,17H,2-3,5-6,8,10-13H2,1H3. The number of halogens is 1. The number of fused-ring (bicyclic) bond motifs is 1. The molecule has 0 spiro atoms. The van der Waals surface area contributed by atoms with Crippen molar-refractivity contribution in [2.75, 3.05) is 26.4 Å². The first-order chi connectivity index (χ1) is 15.0. The van der Waals surface area contributed by atoms with E-state index in [1.807, 2.05) is 34.8 Å². The number of carbonyl (C=O) groups excluding carboxylic acids is 2. The van der Waals surface area contributed by atoms with Crippen LogP contribution in [0.1, 0.15) is 53.0 Å². The molecule has 2 aliphatic heterocycles. The number of carbonyl (C=O) groups is 2. The fraction of sp³-hybridized carbons (Fsp3) is 0.478. The summed E-state index contributed by atoms with van der Waals surface area (Å²) in [6.07, 6.45) is 6.18. The molecule has 1 fully saturated rings. The van der Waals surface area contributed by atoms with Crippen LogP contribution < -0.4 is 9.47 Å². The van der Waals surface area contributed by atoms with Gasteiger partial charge in [0.25, 0.3) is 5.91 Å². The van der Waals surface area contributed by atoms with Crippen molar-refractivity contribution in [2.24, 2.45) is 7.05 Å². The van der Waals surface area contributed by atoms with E-state index in [0.29, 0.717) is 47.4 Å². The van der Waals surface area contributed by atoms with E-state index in [2.05, 4.69) is 0 Å². The monoisotopic (exact) mass is 446 g/mol. The fourth-order valence-electron chi connectivity index (χ4n) is 4.12. The maximum absolute atomic E-state index is 13.0. The number of ether oxygens (including phenoxy) is 3. The SMILES string of the molecule is Cn1cccc1C(=O)N1CCCCC1CCOC(=O)c1cc(Cl)c2c(c1)OCCCO2. The smallest absolute Gasteiger partial charge is 0.338 e. The third kappa shape index (κ3) is 4.82. The van der Waals surface area contributed by atoms with Gasteiger partial charge in [0.2, 0.25) is 0 Å². The zero-order chi connectivity index (χ0) is 21.8. The van der Waals surface area contributed by atoms with Gasteiger partial charge in [0.1, 0.15) is 5.69 Å². The second-order valence-electron chi connectivity index (χ2n) is 7.91. The Bertz CT molecular complexity index is 957. The first-order valence-electron chi connectivity index (χ1n) is 10.7. The number of benzene rings is 1. The average Bonchev–Trinajstić information content (AvgIpc) is 3.05. The van der Waals surface area contributed by atoms with Gasteiger partial charge in [-0.1, -0.05) is 11.6 Å². The Morgan fingerprint density at radius 1 is 1.19 bits per heavy atom. The van der Waals surface area contributed by atoms with Gasteiger partial charge in [-0.25, -0.2) is 4.79 Å². The number of nitrogens with zero attached hydrogens (tertiary/aromatic N) is 2. The molecule has 0 N–H and O–H groups in total. The van der Waals surface area contributed by atoms with E-state index < -0.39 is 5.97 Å². The molecule has 31 heavy (non-hydrogen) atoms. The highest BCUT2D eigenvalue weighted by Gasteiger charge is 2.29. The van der Waals surface area contributed by atoms with Crippen molar-refractivity contribution in [2.45, 2.75) is 38.1 Å². The van der Waals surface area contributed by atoms with Crippen molar-refractivity contribution < 1.29 is 23.8 Å². The van der Waals surface area contributed by atoms with E-state index in [-0.39, 0.29) is 18.6 Å². The maximum Gasteiger partial charge on any atom is 0.338 e. The minimum absolute atomic E-state index is 0.0261. The van der Waals surface area contributed by atoms with Gasteiger partial charge in [0.05, 0.1) is 30.4 Å². The Hall–Kier alpha value is -2.67. The van der Waals surface area contributed by atoms with Crippen LogP contribution in [-0.4, -0.2) is 53.8 Å². The zero-order valence-electron chi connectivity index (χ0n) is 17.6. The van der Waals surface area contributed by atoms with Gasteiger partial charge >= 0.3 is 5.97 Å². The molecule has 0 aliphatic carbocycles. The van der Waals surface area contributed by atoms with E-state index in [4.69, 9.17) is 25.8 Å². The molecule has 1 saturated heterocycles. The van der Waals surface area contributed by atoms with Gasteiger partial charge in [0.15, 0.2) is 11.5 Å². The van der Waals surface area contributed by atoms with Crippen LogP contribution in [0.25, 0.3) is 0 Å². The topological polar surface area (TPSA) is 70.0 Å². The van der Waals surface area contributed by atoms with Crippen molar-refractivity contribution in [3.8, 4) is 11.5 Å². The van der Waals surface area contributed by atoms with Crippen LogP contribution in [0.4, 0.5) is 0 Å². The van der Waals surface area contributed by atoms with Crippen LogP contribution in [0.3, 0.4) is 0 Å². The summed E-state index contributed by atoms with van der Waals surface area (Å²) in [7, 11) is 1.87. The quantitative estimate of drug-likeness (QED) is 0.647. The number of likely N-dealkylation sites (tertiary alicyclic amines) is 1. The van der Waals surface area contributed by atoms with Crippen LogP contribution >= 0.6 is 11.6 Å². The highest BCUT2D eigenvalue weighted by Crippen LogP contribution is 2.38. The van der Waals surface area contributed by atoms with Crippen molar-refractivity contribution in [3.05, 3.63) is 46.7 Å². The van der Waals surface area contributed by atoms with E-state index >= 15 is 0 Å². The third-order valence-corrected chi connectivity index (χ3v) is 6.05. The molecule has 7 nitrogen and oxygen atoms in total. The first kappa shape index (κ1) is 21.6. The number of rotatable bonds is 5. The Balaban J connectivity index is 1.37. The molecular weight excluding hydrogens is 420 g/mol. The second kappa shape index (κ2) is 9.64. The number of amides is 1. The third-order valence-electron chi connectivity index (χ3n) is 5.77. The second-order valence-corrected chi connectivity index (χ2v) is 8.32. The van der Waals surface area contributed by atoms with Crippen LogP contribution in [-0.2, 0) is 11.8 Å². The number of piperidine rings is 1. The fourth-order valence-corrected chi connectivity index (χ4v) is 4.38. The van der Waals surface area contributed by atoms with Crippen molar-refractivity contribution in [3.63, 3.8) is 0 Å². The number of aryl methyl sites for hydroxylation is 1. The van der Waals surface area contributed by atoms with Gasteiger partial charge in [-0.05, 0) is 43.5 Å². The summed E-state index contributed by atoms with van der Waals surface area (Å²) in [5.74, 6) is 0.489. The van der Waals surface area contributed by atoms with Gasteiger partial charge in [-0.15, -0.1) is 0 Å². The normalized spacial score (nSPS) is 18.4. The summed E-state index contributed by atoms with van der Waals surface area (Å²) in [5.41, 5.74) is 1.00. The van der Waals surface area contributed by atoms with Crippen molar-refractivity contribution in [1.29, 1.82) is 0 Å². The van der Waals surface area contributed by atoms with E-state index in [0.717, 1.165) is 32.2 Å². The molecule has 1 amide bonds. The number of hydrogen-bond donors (Lipinski definition) is 0. The molecule has 1 aromatic heterocycles. The first-order valence-corrected chi connectivity index (χ1v) is 11.1. The molecule has 4 rings (SSSR count). The number of esters is 1. The van der Waals surface area contributed by atoms with Gasteiger partial charge in [-0.2, -0.15) is 0 Å². The lowest BCUT2D eigenvalue weighted by molar-refractivity contribution is 0.0406. The molecule has 1 unspecified atom stereocenters. The molecule has 1 aromatic carbocycles. The molecule has 166 valence electrons. The zero-order valence-corrected chi connectivity index (χ0v) is 18.4. The summed E-state index contributed by atoms with van der Waals surface area (Å²) in [6, 6.07) is 6.91. The number of hydrogen-bond acceptors (Lipinski definition) is 5. The summed E-state index contributed by atoms with van der Waals surface area (Å²) in [5, 5.41) is 0.331. The van der Waals surface area contributed by atoms with E-state index in [9.17, 15) is 9.59 Å². The maximum atomic E-state index is 13.0. The van der Waals surface area contributed by atoms with Crippen molar-refractivity contribution >= 4 is 23.5 Å². The predicted octanol–water partition coefficient (Wildman–Crippen LogP) is 4.08. The minimum Gasteiger partial charge on any atom is -0.489 e. The summed E-state index contributed by atoms with van der Waals surface area (Å²) in [6.45, 7) is 1.98. The Labute approximate surface area is 186 Å². The highest BCUT2D eigenvalue weighted by atomic mass is 35.5. The molecule has 2 aliphatic rings. The molecule has 8 heteroatoms. The van der Waals surface area contributed by atoms with Crippen LogP contribution in [0, 0.1) is 0 Å². The molecule has 1 atom stereocenters. The highest BCUT2D eigenvalue weighted by molar-refractivity contribution is 6.32. The molecule has 0 bridgehead atoms. The Kier molecular flexibility index (Phi) is 6.70. The molecule has 3 heterocycles. The van der Waals surface area contributed by atoms with Gasteiger partial charge < -0.3 is 23.7 Å². The van der Waals surface area contributed by atoms with Crippen LogP contribution in [0.2, 0.25) is 5.02 Å². The summed E-state index contributed by atoms with van der Waals surface area (Å²) < 4.78 is 18.6. The lowest BCUT2D eigenvalue weighted by Crippen LogP contribution is -2.44. The Morgan fingerprint density at radius 3 is 2.84 bits per heavy atom. The minimum atomic E-state index is -0.464. The lowest BCUT2D eigenvalue weighted by Gasteiger charge is -2.35. The predicted molar refractivity (Wildman–Crippen MR) is 116 cm³/mol. The van der Waals surface area contributed by atoms with E-state index in [1.165, 1.54) is 0 Å². The summed E-state index contributed by atoms with van der Waals surface area (Å²) >= 11 is 6.28. The Morgan fingerprint density at radius 2 is 2.03 bits per heavy atom. The van der Waals surface area contributed by atoms with Gasteiger partial charge in [0, 0.05) is 38.7 Å². The summed E-state index contributed by atoms with van der Waals surface area (Å²) in [4.78, 5) is 27.5. The van der Waals surface area contributed by atoms with Crippen LogP contribution in [0.15, 0.2) is 30.5 Å². The largest absolute Gasteiger partial charge is 0.489 e. The number of aromatic nitrogens is 1. The van der Waals surface area contributed by atoms with Crippen molar-refractivity contribution in [1.82, 2.24) is 9.47 Å². The molecular formula is C23H27ClN2O5. The van der Waals surface area contributed by atoms with Gasteiger partial charge in [-0.3, -0.25) is 4.79 Å². The molecule has 0 radical (unpaired) electrons.